The predicted octanol–water partition coefficient (Wildman–Crippen LogP) is 4.19. The first-order valence-corrected chi connectivity index (χ1v) is 7.29. The van der Waals surface area contributed by atoms with Crippen molar-refractivity contribution in [3.63, 3.8) is 0 Å². The molecule has 0 unspecified atom stereocenters. The molecule has 1 aromatic heterocycles. The maximum Gasteiger partial charge on any atom is 0.227 e. The Bertz CT molecular complexity index is 801. The first kappa shape index (κ1) is 17.5. The standard InChI is InChI=1S/C17H16ClFN4O/c1-11(24-2)14(6-7-16(19)20)15-8-9-21-17(23-15)22-13-5-3-4-12(18)10-13/h3-10H,1,20H2,2H3,(H,21,22,23)/b14-6+,16-7-. The van der Waals surface area contributed by atoms with Crippen molar-refractivity contribution in [2.24, 2.45) is 5.73 Å². The molecule has 0 saturated heterocycles. The normalized spacial score (nSPS) is 12.0. The highest BCUT2D eigenvalue weighted by molar-refractivity contribution is 6.30. The number of nitrogens with zero attached hydrogens (tertiary/aromatic N) is 2. The fourth-order valence-electron chi connectivity index (χ4n) is 1.86. The van der Waals surface area contributed by atoms with Gasteiger partial charge in [-0.3, -0.25) is 0 Å². The highest BCUT2D eigenvalue weighted by atomic mass is 35.5. The number of hydrogen-bond acceptors (Lipinski definition) is 5. The van der Waals surface area contributed by atoms with Crippen molar-refractivity contribution >= 4 is 28.8 Å². The van der Waals surface area contributed by atoms with Crippen LogP contribution in [0.15, 0.2) is 67.0 Å². The van der Waals surface area contributed by atoms with E-state index in [0.717, 1.165) is 11.8 Å². The molecule has 0 bridgehead atoms. The maximum absolute atomic E-state index is 12.8. The average molecular weight is 347 g/mol. The second-order valence-electron chi connectivity index (χ2n) is 4.66. The molecule has 3 N–H and O–H groups in total. The lowest BCUT2D eigenvalue weighted by molar-refractivity contribution is 0.312. The predicted molar refractivity (Wildman–Crippen MR) is 94.3 cm³/mol. The number of hydrogen-bond donors (Lipinski definition) is 2. The first-order chi connectivity index (χ1) is 11.5. The lowest BCUT2D eigenvalue weighted by atomic mass is 10.1. The largest absolute Gasteiger partial charge is 0.497 e. The number of nitrogens with two attached hydrogens (primary N) is 1. The van der Waals surface area contributed by atoms with E-state index in [1.165, 1.54) is 13.2 Å². The van der Waals surface area contributed by atoms with Gasteiger partial charge in [0.05, 0.1) is 12.8 Å². The van der Waals surface area contributed by atoms with Crippen LogP contribution < -0.4 is 11.1 Å². The lowest BCUT2D eigenvalue weighted by Gasteiger charge is -2.10. The molecule has 0 aliphatic heterocycles. The molecule has 124 valence electrons. The number of allylic oxidation sites excluding steroid dienone is 3. The van der Waals surface area contributed by atoms with Crippen molar-refractivity contribution in [1.29, 1.82) is 0 Å². The molecule has 0 spiro atoms. The van der Waals surface area contributed by atoms with Crippen LogP contribution in [0.4, 0.5) is 16.0 Å². The van der Waals surface area contributed by atoms with Gasteiger partial charge in [0.2, 0.25) is 5.95 Å². The Balaban J connectivity index is 2.35. The van der Waals surface area contributed by atoms with Crippen molar-refractivity contribution < 1.29 is 9.13 Å². The van der Waals surface area contributed by atoms with Crippen molar-refractivity contribution in [2.75, 3.05) is 12.4 Å². The Morgan fingerprint density at radius 2 is 2.17 bits per heavy atom. The summed E-state index contributed by atoms with van der Waals surface area (Å²) in [6, 6.07) is 8.80. The second-order valence-corrected chi connectivity index (χ2v) is 5.10. The lowest BCUT2D eigenvalue weighted by Crippen LogP contribution is -2.01. The Labute approximate surface area is 144 Å². The molecule has 2 rings (SSSR count). The van der Waals surface area contributed by atoms with E-state index in [1.54, 1.807) is 30.5 Å². The van der Waals surface area contributed by atoms with Gasteiger partial charge in [-0.1, -0.05) is 24.2 Å². The summed E-state index contributed by atoms with van der Waals surface area (Å²) in [5.74, 6) is -0.163. The molecular formula is C17H16ClFN4O. The van der Waals surface area contributed by atoms with Gasteiger partial charge in [0.25, 0.3) is 0 Å². The monoisotopic (exact) mass is 346 g/mol. The summed E-state index contributed by atoms with van der Waals surface area (Å²) in [5.41, 5.74) is 6.75. The fraction of sp³-hybridized carbons (Fsp3) is 0.0588. The molecule has 0 aliphatic carbocycles. The van der Waals surface area contributed by atoms with Crippen molar-refractivity contribution in [1.82, 2.24) is 9.97 Å². The topological polar surface area (TPSA) is 73.1 Å². The SMILES string of the molecule is C=C(OC)/C(=C\C=C(/N)F)c1ccnc(Nc2cccc(Cl)c2)n1. The highest BCUT2D eigenvalue weighted by Gasteiger charge is 2.09. The summed E-state index contributed by atoms with van der Waals surface area (Å²) >= 11 is 5.95. The highest BCUT2D eigenvalue weighted by Crippen LogP contribution is 2.23. The minimum Gasteiger partial charge on any atom is -0.497 e. The van der Waals surface area contributed by atoms with E-state index < -0.39 is 5.95 Å². The minimum atomic E-state index is -0.831. The third kappa shape index (κ3) is 4.82. The molecule has 1 aromatic carbocycles. The van der Waals surface area contributed by atoms with Gasteiger partial charge in [-0.2, -0.15) is 4.39 Å². The third-order valence-electron chi connectivity index (χ3n) is 2.97. The quantitative estimate of drug-likeness (QED) is 0.466. The number of nitrogens with one attached hydrogen (secondary N) is 1. The molecular weight excluding hydrogens is 331 g/mol. The number of benzene rings is 1. The van der Waals surface area contributed by atoms with E-state index in [1.807, 2.05) is 6.07 Å². The van der Waals surface area contributed by atoms with Crippen LogP contribution in [0.5, 0.6) is 0 Å². The summed E-state index contributed by atoms with van der Waals surface area (Å²) in [4.78, 5) is 8.53. The van der Waals surface area contributed by atoms with Gasteiger partial charge in [0.15, 0.2) is 5.95 Å². The first-order valence-electron chi connectivity index (χ1n) is 6.92. The molecule has 0 radical (unpaired) electrons. The zero-order valence-electron chi connectivity index (χ0n) is 13.0. The van der Waals surface area contributed by atoms with Gasteiger partial charge in [0.1, 0.15) is 5.76 Å². The van der Waals surface area contributed by atoms with Crippen LogP contribution in [-0.4, -0.2) is 17.1 Å². The van der Waals surface area contributed by atoms with Gasteiger partial charge >= 0.3 is 0 Å². The minimum absolute atomic E-state index is 0.319. The van der Waals surface area contributed by atoms with Crippen LogP contribution in [0.3, 0.4) is 0 Å². The summed E-state index contributed by atoms with van der Waals surface area (Å²) in [6.07, 6.45) is 4.10. The number of ether oxygens (including phenoxy) is 1. The van der Waals surface area contributed by atoms with E-state index in [0.29, 0.717) is 28.0 Å². The van der Waals surface area contributed by atoms with Crippen molar-refractivity contribution in [2.45, 2.75) is 0 Å². The number of anilines is 2. The van der Waals surface area contributed by atoms with Crippen LogP contribution in [0.2, 0.25) is 5.02 Å². The molecule has 0 aliphatic rings. The van der Waals surface area contributed by atoms with Gasteiger partial charge in [0, 0.05) is 22.5 Å². The van der Waals surface area contributed by atoms with Gasteiger partial charge in [-0.15, -0.1) is 0 Å². The zero-order chi connectivity index (χ0) is 17.5. The molecule has 1 heterocycles. The molecule has 24 heavy (non-hydrogen) atoms. The van der Waals surface area contributed by atoms with E-state index in [9.17, 15) is 4.39 Å². The zero-order valence-corrected chi connectivity index (χ0v) is 13.7. The third-order valence-corrected chi connectivity index (χ3v) is 3.20. The smallest absolute Gasteiger partial charge is 0.227 e. The van der Waals surface area contributed by atoms with Crippen molar-refractivity contribution in [3.8, 4) is 0 Å². The summed E-state index contributed by atoms with van der Waals surface area (Å²) in [6.45, 7) is 3.77. The Kier molecular flexibility index (Phi) is 5.92. The molecule has 0 amide bonds. The molecule has 0 fully saturated rings. The fourth-order valence-corrected chi connectivity index (χ4v) is 2.05. The Morgan fingerprint density at radius 3 is 2.83 bits per heavy atom. The van der Waals surface area contributed by atoms with Gasteiger partial charge in [-0.05, 0) is 36.4 Å². The Morgan fingerprint density at radius 1 is 1.38 bits per heavy atom. The van der Waals surface area contributed by atoms with Crippen LogP contribution in [0.1, 0.15) is 5.69 Å². The summed E-state index contributed by atoms with van der Waals surface area (Å²) < 4.78 is 17.9. The number of rotatable bonds is 6. The van der Waals surface area contributed by atoms with Crippen molar-refractivity contribution in [3.05, 3.63) is 77.7 Å². The number of aromatic nitrogens is 2. The molecule has 0 atom stereocenters. The van der Waals surface area contributed by atoms with E-state index >= 15 is 0 Å². The average Bonchev–Trinajstić information content (AvgIpc) is 2.55. The number of halogens is 2. The van der Waals surface area contributed by atoms with Crippen LogP contribution in [-0.2, 0) is 4.74 Å². The molecule has 0 saturated carbocycles. The van der Waals surface area contributed by atoms with Crippen LogP contribution in [0.25, 0.3) is 5.57 Å². The van der Waals surface area contributed by atoms with Crippen LogP contribution in [0, 0.1) is 0 Å². The van der Waals surface area contributed by atoms with Crippen LogP contribution >= 0.6 is 11.6 Å². The summed E-state index contributed by atoms with van der Waals surface area (Å²) in [7, 11) is 1.46. The maximum atomic E-state index is 12.8. The Hall–Kier alpha value is -2.86. The summed E-state index contributed by atoms with van der Waals surface area (Å²) in [5, 5.41) is 3.63. The second kappa shape index (κ2) is 8.12. The van der Waals surface area contributed by atoms with E-state index in [-0.39, 0.29) is 0 Å². The molecule has 7 heteroatoms. The van der Waals surface area contributed by atoms with E-state index in [2.05, 4.69) is 21.9 Å². The molecule has 5 nitrogen and oxygen atoms in total. The molecule has 2 aromatic rings. The van der Waals surface area contributed by atoms with Gasteiger partial charge < -0.3 is 15.8 Å². The van der Waals surface area contributed by atoms with Gasteiger partial charge in [-0.25, -0.2) is 9.97 Å². The van der Waals surface area contributed by atoms with E-state index in [4.69, 9.17) is 22.1 Å². The number of methoxy groups -OCH3 is 1.